The van der Waals surface area contributed by atoms with Crippen molar-refractivity contribution in [2.45, 2.75) is 25.8 Å². The maximum Gasteiger partial charge on any atom is 0.355 e. The average molecular weight is 212 g/mol. The molecule has 76 valence electrons. The van der Waals surface area contributed by atoms with Crippen LogP contribution in [0.3, 0.4) is 0 Å². The van der Waals surface area contributed by atoms with E-state index in [9.17, 15) is 4.79 Å². The number of rotatable bonds is 3. The summed E-state index contributed by atoms with van der Waals surface area (Å²) in [5.74, 6) is -0.936. The number of carboxylic acids is 1. The lowest BCUT2D eigenvalue weighted by Gasteiger charge is -2.13. The summed E-state index contributed by atoms with van der Waals surface area (Å²) in [6, 6.07) is 0.571. The summed E-state index contributed by atoms with van der Waals surface area (Å²) in [7, 11) is 1.97. The van der Waals surface area contributed by atoms with Gasteiger partial charge in [0.2, 0.25) is 0 Å². The Morgan fingerprint density at radius 1 is 1.64 bits per heavy atom. The Labute approximate surface area is 86.2 Å². The van der Waals surface area contributed by atoms with Gasteiger partial charge in [-0.2, -0.15) is 0 Å². The van der Waals surface area contributed by atoms with Crippen molar-refractivity contribution < 1.29 is 9.90 Å². The van der Waals surface area contributed by atoms with Crippen LogP contribution in [0.1, 0.15) is 28.2 Å². The quantitative estimate of drug-likeness (QED) is 0.829. The maximum atomic E-state index is 10.8. The zero-order valence-corrected chi connectivity index (χ0v) is 8.97. The Morgan fingerprint density at radius 2 is 2.29 bits per heavy atom. The molecular weight excluding hydrogens is 200 g/mol. The largest absolute Gasteiger partial charge is 0.476 e. The van der Waals surface area contributed by atoms with Crippen LogP contribution in [0.15, 0.2) is 0 Å². The van der Waals surface area contributed by atoms with E-state index in [1.165, 1.54) is 24.2 Å². The molecule has 0 saturated heterocycles. The minimum absolute atomic E-state index is 0.192. The van der Waals surface area contributed by atoms with Crippen LogP contribution in [-0.4, -0.2) is 29.1 Å². The van der Waals surface area contributed by atoms with Gasteiger partial charge in [0.25, 0.3) is 0 Å². The van der Waals surface area contributed by atoms with Crippen LogP contribution < -0.4 is 4.90 Å². The maximum absolute atomic E-state index is 10.8. The molecule has 1 heterocycles. The van der Waals surface area contributed by atoms with Gasteiger partial charge in [0, 0.05) is 18.0 Å². The SMILES string of the molecule is Cc1sc(N(C)C2CC2)nc1C(=O)O. The van der Waals surface area contributed by atoms with Gasteiger partial charge in [-0.25, -0.2) is 9.78 Å². The third-order valence-electron chi connectivity index (χ3n) is 2.38. The summed E-state index contributed by atoms with van der Waals surface area (Å²) in [4.78, 5) is 17.7. The first-order chi connectivity index (χ1) is 6.59. The Hall–Kier alpha value is -1.10. The molecule has 0 spiro atoms. The summed E-state index contributed by atoms with van der Waals surface area (Å²) in [5.41, 5.74) is 0.192. The van der Waals surface area contributed by atoms with Gasteiger partial charge in [0.15, 0.2) is 10.8 Å². The molecule has 5 heteroatoms. The monoisotopic (exact) mass is 212 g/mol. The van der Waals surface area contributed by atoms with Crippen LogP contribution in [0.4, 0.5) is 5.13 Å². The molecule has 1 saturated carbocycles. The van der Waals surface area contributed by atoms with Crippen molar-refractivity contribution >= 4 is 22.4 Å². The van der Waals surface area contributed by atoms with Gasteiger partial charge in [0.1, 0.15) is 0 Å². The van der Waals surface area contributed by atoms with E-state index in [0.717, 1.165) is 10.0 Å². The van der Waals surface area contributed by atoms with E-state index in [0.29, 0.717) is 6.04 Å². The van der Waals surface area contributed by atoms with Crippen molar-refractivity contribution in [2.75, 3.05) is 11.9 Å². The predicted molar refractivity (Wildman–Crippen MR) is 55.2 cm³/mol. The molecule has 1 aliphatic rings. The highest BCUT2D eigenvalue weighted by atomic mass is 32.1. The van der Waals surface area contributed by atoms with Gasteiger partial charge < -0.3 is 10.0 Å². The Bertz CT molecular complexity index is 371. The summed E-state index contributed by atoms with van der Waals surface area (Å²) in [6.07, 6.45) is 2.38. The van der Waals surface area contributed by atoms with Gasteiger partial charge in [0.05, 0.1) is 0 Å². The molecule has 1 aliphatic carbocycles. The predicted octanol–water partition coefficient (Wildman–Crippen LogP) is 1.75. The topological polar surface area (TPSA) is 53.4 Å². The second-order valence-corrected chi connectivity index (χ2v) is 4.73. The molecule has 0 aromatic carbocycles. The zero-order chi connectivity index (χ0) is 10.3. The molecule has 0 bridgehead atoms. The summed E-state index contributed by atoms with van der Waals surface area (Å²) < 4.78 is 0. The highest BCUT2D eigenvalue weighted by molar-refractivity contribution is 7.15. The molecule has 1 N–H and O–H groups in total. The zero-order valence-electron chi connectivity index (χ0n) is 8.15. The van der Waals surface area contributed by atoms with E-state index in [4.69, 9.17) is 5.11 Å². The number of thiazole rings is 1. The normalized spacial score (nSPS) is 15.6. The molecule has 0 atom stereocenters. The molecule has 0 radical (unpaired) electrons. The highest BCUT2D eigenvalue weighted by Gasteiger charge is 2.29. The summed E-state index contributed by atoms with van der Waals surface area (Å²) >= 11 is 1.45. The van der Waals surface area contributed by atoms with Crippen molar-refractivity contribution in [3.63, 3.8) is 0 Å². The molecule has 14 heavy (non-hydrogen) atoms. The number of hydrogen-bond acceptors (Lipinski definition) is 4. The number of hydrogen-bond donors (Lipinski definition) is 1. The average Bonchev–Trinajstić information content (AvgIpc) is 2.88. The smallest absolute Gasteiger partial charge is 0.355 e. The Morgan fingerprint density at radius 3 is 2.71 bits per heavy atom. The molecule has 1 aromatic heterocycles. The molecule has 0 aliphatic heterocycles. The van der Waals surface area contributed by atoms with Crippen LogP contribution in [0.5, 0.6) is 0 Å². The molecule has 2 rings (SSSR count). The fraction of sp³-hybridized carbons (Fsp3) is 0.556. The second kappa shape index (κ2) is 3.24. The number of nitrogens with zero attached hydrogens (tertiary/aromatic N) is 2. The fourth-order valence-electron chi connectivity index (χ4n) is 1.35. The van der Waals surface area contributed by atoms with Crippen molar-refractivity contribution in [2.24, 2.45) is 0 Å². The van der Waals surface area contributed by atoms with Crippen LogP contribution in [0, 0.1) is 6.92 Å². The van der Waals surface area contributed by atoms with Gasteiger partial charge in [-0.3, -0.25) is 0 Å². The van der Waals surface area contributed by atoms with Crippen molar-refractivity contribution in [1.82, 2.24) is 4.98 Å². The number of anilines is 1. The van der Waals surface area contributed by atoms with Crippen LogP contribution in [-0.2, 0) is 0 Å². The number of aromatic nitrogens is 1. The molecule has 0 unspecified atom stereocenters. The lowest BCUT2D eigenvalue weighted by molar-refractivity contribution is 0.0690. The standard InChI is InChI=1S/C9H12N2O2S/c1-5-7(8(12)13)10-9(14-5)11(2)6-3-4-6/h6H,3-4H2,1-2H3,(H,12,13). The van der Waals surface area contributed by atoms with Gasteiger partial charge in [-0.15, -0.1) is 11.3 Å². The first-order valence-electron chi connectivity index (χ1n) is 4.53. The lowest BCUT2D eigenvalue weighted by atomic mass is 10.4. The van der Waals surface area contributed by atoms with E-state index in [1.54, 1.807) is 6.92 Å². The van der Waals surface area contributed by atoms with Gasteiger partial charge in [-0.05, 0) is 19.8 Å². The lowest BCUT2D eigenvalue weighted by Crippen LogP contribution is -2.19. The number of aromatic carboxylic acids is 1. The minimum atomic E-state index is -0.936. The third kappa shape index (κ3) is 1.59. The molecule has 1 aromatic rings. The van der Waals surface area contributed by atoms with E-state index in [1.807, 2.05) is 7.05 Å². The van der Waals surface area contributed by atoms with Crippen molar-refractivity contribution in [3.8, 4) is 0 Å². The van der Waals surface area contributed by atoms with Crippen molar-refractivity contribution in [3.05, 3.63) is 10.6 Å². The molecule has 0 amide bonds. The number of carboxylic acid groups (broad SMARTS) is 1. The van der Waals surface area contributed by atoms with Gasteiger partial charge >= 0.3 is 5.97 Å². The molecule has 1 fully saturated rings. The Balaban J connectivity index is 2.26. The second-order valence-electron chi connectivity index (χ2n) is 3.55. The van der Waals surface area contributed by atoms with Crippen LogP contribution in [0.2, 0.25) is 0 Å². The van der Waals surface area contributed by atoms with Crippen LogP contribution >= 0.6 is 11.3 Å². The van der Waals surface area contributed by atoms with Crippen LogP contribution in [0.25, 0.3) is 0 Å². The molecular formula is C9H12N2O2S. The number of carbonyl (C=O) groups is 1. The summed E-state index contributed by atoms with van der Waals surface area (Å²) in [6.45, 7) is 1.80. The van der Waals surface area contributed by atoms with E-state index in [-0.39, 0.29) is 5.69 Å². The van der Waals surface area contributed by atoms with Gasteiger partial charge in [-0.1, -0.05) is 0 Å². The minimum Gasteiger partial charge on any atom is -0.476 e. The third-order valence-corrected chi connectivity index (χ3v) is 3.45. The van der Waals surface area contributed by atoms with E-state index >= 15 is 0 Å². The highest BCUT2D eigenvalue weighted by Crippen LogP contribution is 2.33. The number of aryl methyl sites for hydroxylation is 1. The van der Waals surface area contributed by atoms with E-state index in [2.05, 4.69) is 9.88 Å². The first-order valence-corrected chi connectivity index (χ1v) is 5.35. The van der Waals surface area contributed by atoms with Crippen molar-refractivity contribution in [1.29, 1.82) is 0 Å². The van der Waals surface area contributed by atoms with E-state index < -0.39 is 5.97 Å². The summed E-state index contributed by atoms with van der Waals surface area (Å²) in [5, 5.41) is 9.66. The molecule has 4 nitrogen and oxygen atoms in total. The first kappa shape index (κ1) is 9.45. The fourth-order valence-corrected chi connectivity index (χ4v) is 2.28. The Kier molecular flexibility index (Phi) is 2.19.